The molecule has 1 aliphatic rings. The highest BCUT2D eigenvalue weighted by Crippen LogP contribution is 2.29. The van der Waals surface area contributed by atoms with E-state index in [1.165, 1.54) is 5.56 Å². The van der Waals surface area contributed by atoms with Gasteiger partial charge in [0.05, 0.1) is 17.6 Å². The molecule has 1 fully saturated rings. The summed E-state index contributed by atoms with van der Waals surface area (Å²) >= 11 is 6.43. The number of aryl methyl sites for hydroxylation is 3. The number of nitrogens with zero attached hydrogens (tertiary/aromatic N) is 6. The van der Waals surface area contributed by atoms with Crippen molar-refractivity contribution in [3.8, 4) is 0 Å². The van der Waals surface area contributed by atoms with Gasteiger partial charge in [-0.05, 0) is 44.2 Å². The van der Waals surface area contributed by atoms with E-state index in [2.05, 4.69) is 61.6 Å². The van der Waals surface area contributed by atoms with Crippen LogP contribution in [0.15, 0.2) is 30.7 Å². The minimum atomic E-state index is 0.284. The number of halogens is 1. The van der Waals surface area contributed by atoms with E-state index in [1.807, 2.05) is 26.4 Å². The second-order valence-electron chi connectivity index (χ2n) is 8.16. The van der Waals surface area contributed by atoms with Crippen molar-refractivity contribution in [2.45, 2.75) is 39.7 Å². The standard InChI is InChI=1S/C22H29ClN8/c1-5-16-12-31(20-7-6-14(2)10-24-20)9-8-18(16)26-21-17(23)11-25-22(28-21)27-19-13-30(4)29-15(19)3/h6-7,10-11,13,16,18H,5,8-9,12H2,1-4H3,(H2,25,26,27,28). The number of piperidine rings is 1. The van der Waals surface area contributed by atoms with Crippen LogP contribution in [0.25, 0.3) is 0 Å². The molecule has 2 N–H and O–H groups in total. The third kappa shape index (κ3) is 4.90. The lowest BCUT2D eigenvalue weighted by Gasteiger charge is -2.39. The summed E-state index contributed by atoms with van der Waals surface area (Å²) < 4.78 is 1.76. The average molecular weight is 441 g/mol. The first-order valence-electron chi connectivity index (χ1n) is 10.7. The van der Waals surface area contributed by atoms with Crippen LogP contribution in [0.3, 0.4) is 0 Å². The molecule has 2 unspecified atom stereocenters. The molecule has 0 aromatic carbocycles. The summed E-state index contributed by atoms with van der Waals surface area (Å²) in [6.07, 6.45) is 7.51. The van der Waals surface area contributed by atoms with Crippen LogP contribution in [0.1, 0.15) is 31.0 Å². The van der Waals surface area contributed by atoms with Crippen molar-refractivity contribution in [1.82, 2.24) is 24.7 Å². The largest absolute Gasteiger partial charge is 0.366 e. The van der Waals surface area contributed by atoms with Crippen LogP contribution in [0, 0.1) is 19.8 Å². The quantitative estimate of drug-likeness (QED) is 0.589. The summed E-state index contributed by atoms with van der Waals surface area (Å²) in [5.74, 6) is 2.66. The van der Waals surface area contributed by atoms with E-state index in [1.54, 1.807) is 10.9 Å². The summed E-state index contributed by atoms with van der Waals surface area (Å²) in [7, 11) is 1.89. The fraction of sp³-hybridized carbons (Fsp3) is 0.455. The molecule has 3 aromatic rings. The van der Waals surface area contributed by atoms with E-state index in [0.717, 1.165) is 43.1 Å². The molecule has 4 heterocycles. The first-order valence-corrected chi connectivity index (χ1v) is 11.0. The van der Waals surface area contributed by atoms with Crippen LogP contribution >= 0.6 is 11.6 Å². The first kappa shape index (κ1) is 21.4. The Kier molecular flexibility index (Phi) is 6.27. The van der Waals surface area contributed by atoms with Gasteiger partial charge in [-0.1, -0.05) is 24.6 Å². The van der Waals surface area contributed by atoms with Gasteiger partial charge in [0, 0.05) is 38.6 Å². The summed E-state index contributed by atoms with van der Waals surface area (Å²) in [4.78, 5) is 15.9. The van der Waals surface area contributed by atoms with Gasteiger partial charge < -0.3 is 15.5 Å². The molecule has 2 atom stereocenters. The number of rotatable bonds is 6. The van der Waals surface area contributed by atoms with Crippen LogP contribution in [-0.4, -0.2) is 43.9 Å². The summed E-state index contributed by atoms with van der Waals surface area (Å²) in [6, 6.07) is 4.51. The SMILES string of the molecule is CCC1CN(c2ccc(C)cn2)CCC1Nc1nc(Nc2cn(C)nc2C)ncc1Cl. The van der Waals surface area contributed by atoms with E-state index in [-0.39, 0.29) is 6.04 Å². The lowest BCUT2D eigenvalue weighted by atomic mass is 9.90. The number of nitrogens with one attached hydrogen (secondary N) is 2. The molecule has 31 heavy (non-hydrogen) atoms. The molecule has 1 saturated heterocycles. The minimum absolute atomic E-state index is 0.284. The Hall–Kier alpha value is -2.87. The Morgan fingerprint density at radius 1 is 1.19 bits per heavy atom. The van der Waals surface area contributed by atoms with Gasteiger partial charge in [0.1, 0.15) is 10.8 Å². The highest BCUT2D eigenvalue weighted by molar-refractivity contribution is 6.32. The number of hydrogen-bond acceptors (Lipinski definition) is 7. The third-order valence-electron chi connectivity index (χ3n) is 5.80. The number of hydrogen-bond donors (Lipinski definition) is 2. The number of pyridine rings is 1. The Morgan fingerprint density at radius 2 is 2.03 bits per heavy atom. The molecular formula is C22H29ClN8. The van der Waals surface area contributed by atoms with Crippen LogP contribution in [0.2, 0.25) is 5.02 Å². The van der Waals surface area contributed by atoms with Gasteiger partial charge in [-0.2, -0.15) is 10.1 Å². The fourth-order valence-electron chi connectivity index (χ4n) is 4.04. The molecular weight excluding hydrogens is 412 g/mol. The molecule has 164 valence electrons. The van der Waals surface area contributed by atoms with Gasteiger partial charge in [-0.3, -0.25) is 4.68 Å². The van der Waals surface area contributed by atoms with E-state index in [9.17, 15) is 0 Å². The van der Waals surface area contributed by atoms with Gasteiger partial charge >= 0.3 is 0 Å². The zero-order valence-electron chi connectivity index (χ0n) is 18.4. The monoisotopic (exact) mass is 440 g/mol. The number of aromatic nitrogens is 5. The highest BCUT2D eigenvalue weighted by Gasteiger charge is 2.29. The lowest BCUT2D eigenvalue weighted by molar-refractivity contribution is 0.365. The van der Waals surface area contributed by atoms with E-state index < -0.39 is 0 Å². The molecule has 0 radical (unpaired) electrons. The first-order chi connectivity index (χ1) is 14.9. The Morgan fingerprint density at radius 3 is 2.71 bits per heavy atom. The van der Waals surface area contributed by atoms with Crippen molar-refractivity contribution in [1.29, 1.82) is 0 Å². The predicted molar refractivity (Wildman–Crippen MR) is 125 cm³/mol. The maximum Gasteiger partial charge on any atom is 0.229 e. The smallest absolute Gasteiger partial charge is 0.229 e. The van der Waals surface area contributed by atoms with Crippen LogP contribution in [0.5, 0.6) is 0 Å². The van der Waals surface area contributed by atoms with E-state index >= 15 is 0 Å². The Bertz CT molecular complexity index is 1030. The van der Waals surface area contributed by atoms with Crippen molar-refractivity contribution in [3.63, 3.8) is 0 Å². The van der Waals surface area contributed by atoms with E-state index in [0.29, 0.717) is 22.7 Å². The van der Waals surface area contributed by atoms with Crippen molar-refractivity contribution in [3.05, 3.63) is 47.0 Å². The topological polar surface area (TPSA) is 83.8 Å². The van der Waals surface area contributed by atoms with Crippen molar-refractivity contribution < 1.29 is 0 Å². The predicted octanol–water partition coefficient (Wildman–Crippen LogP) is 4.34. The second kappa shape index (κ2) is 9.09. The number of anilines is 4. The molecule has 1 aliphatic heterocycles. The summed E-state index contributed by atoms with van der Waals surface area (Å²) in [5.41, 5.74) is 2.94. The minimum Gasteiger partial charge on any atom is -0.366 e. The summed E-state index contributed by atoms with van der Waals surface area (Å²) in [5, 5.41) is 11.7. The second-order valence-corrected chi connectivity index (χ2v) is 8.57. The van der Waals surface area contributed by atoms with Crippen molar-refractivity contribution in [2.24, 2.45) is 13.0 Å². The van der Waals surface area contributed by atoms with Gasteiger partial charge in [0.15, 0.2) is 5.82 Å². The molecule has 0 amide bonds. The molecule has 3 aromatic heterocycles. The molecule has 9 heteroatoms. The van der Waals surface area contributed by atoms with Gasteiger partial charge in [0.2, 0.25) is 5.95 Å². The van der Waals surface area contributed by atoms with Gasteiger partial charge in [-0.15, -0.1) is 0 Å². The Balaban J connectivity index is 1.46. The average Bonchev–Trinajstić information content (AvgIpc) is 3.08. The van der Waals surface area contributed by atoms with Crippen LogP contribution in [0.4, 0.5) is 23.3 Å². The fourth-order valence-corrected chi connectivity index (χ4v) is 4.18. The zero-order valence-corrected chi connectivity index (χ0v) is 19.2. The van der Waals surface area contributed by atoms with Crippen LogP contribution < -0.4 is 15.5 Å². The third-order valence-corrected chi connectivity index (χ3v) is 6.08. The van der Waals surface area contributed by atoms with Gasteiger partial charge in [0.25, 0.3) is 0 Å². The molecule has 8 nitrogen and oxygen atoms in total. The maximum absolute atomic E-state index is 6.43. The highest BCUT2D eigenvalue weighted by atomic mass is 35.5. The molecule has 4 rings (SSSR count). The van der Waals surface area contributed by atoms with Gasteiger partial charge in [-0.25, -0.2) is 9.97 Å². The van der Waals surface area contributed by atoms with E-state index in [4.69, 9.17) is 11.6 Å². The maximum atomic E-state index is 6.43. The zero-order chi connectivity index (χ0) is 22.0. The molecule has 0 aliphatic carbocycles. The van der Waals surface area contributed by atoms with Crippen LogP contribution in [-0.2, 0) is 7.05 Å². The van der Waals surface area contributed by atoms with Crippen molar-refractivity contribution >= 4 is 34.9 Å². The lowest BCUT2D eigenvalue weighted by Crippen LogP contribution is -2.46. The Labute approximate surface area is 188 Å². The normalized spacial score (nSPS) is 18.8. The molecule has 0 spiro atoms. The van der Waals surface area contributed by atoms with Crippen molar-refractivity contribution in [2.75, 3.05) is 28.6 Å². The molecule has 0 bridgehead atoms. The molecule has 0 saturated carbocycles. The summed E-state index contributed by atoms with van der Waals surface area (Å²) in [6.45, 7) is 8.12.